The molecule has 0 saturated heterocycles. The summed E-state index contributed by atoms with van der Waals surface area (Å²) < 4.78 is 8.55. The number of rotatable bonds is 7. The van der Waals surface area contributed by atoms with Gasteiger partial charge in [0.1, 0.15) is 0 Å². The lowest BCUT2D eigenvalue weighted by Crippen LogP contribution is -2.27. The maximum atomic E-state index is 12.8. The number of aromatic nitrogens is 3. The molecule has 172 valence electrons. The van der Waals surface area contributed by atoms with Gasteiger partial charge in [-0.25, -0.2) is 14.6 Å². The van der Waals surface area contributed by atoms with E-state index >= 15 is 0 Å². The van der Waals surface area contributed by atoms with Gasteiger partial charge in [-0.3, -0.25) is 9.13 Å². The van der Waals surface area contributed by atoms with Crippen LogP contribution < -0.4 is 11.0 Å². The Morgan fingerprint density at radius 2 is 1.94 bits per heavy atom. The van der Waals surface area contributed by atoms with Crippen molar-refractivity contribution in [1.29, 1.82) is 0 Å². The predicted octanol–water partition coefficient (Wildman–Crippen LogP) is 4.37. The molecule has 3 aromatic rings. The van der Waals surface area contributed by atoms with Gasteiger partial charge < -0.3 is 10.1 Å². The summed E-state index contributed by atoms with van der Waals surface area (Å²) in [5, 5.41) is 2.79. The molecule has 0 radical (unpaired) electrons. The Morgan fingerprint density at radius 3 is 2.62 bits per heavy atom. The Hall–Kier alpha value is -3.09. The van der Waals surface area contributed by atoms with Crippen LogP contribution in [0, 0.1) is 11.3 Å². The summed E-state index contributed by atoms with van der Waals surface area (Å²) in [6.45, 7) is 11.9. The molecule has 0 atom stereocenters. The number of aryl methyl sites for hydroxylation is 1. The molecule has 7 heteroatoms. The molecule has 32 heavy (non-hydrogen) atoms. The number of carbonyl (C=O) groups is 1. The van der Waals surface area contributed by atoms with E-state index < -0.39 is 0 Å². The minimum absolute atomic E-state index is 0.0135. The molecule has 0 spiro atoms. The van der Waals surface area contributed by atoms with E-state index in [0.717, 1.165) is 22.3 Å². The fourth-order valence-electron chi connectivity index (χ4n) is 3.55. The number of ether oxygens (including phenoxy) is 1. The van der Waals surface area contributed by atoms with Gasteiger partial charge in [-0.05, 0) is 41.5 Å². The monoisotopic (exact) mass is 438 g/mol. The first-order chi connectivity index (χ1) is 15.0. The van der Waals surface area contributed by atoms with Crippen molar-refractivity contribution in [2.24, 2.45) is 18.4 Å². The van der Waals surface area contributed by atoms with E-state index in [1.165, 1.54) is 0 Å². The number of pyridine rings is 1. The van der Waals surface area contributed by atoms with Gasteiger partial charge in [0.2, 0.25) is 0 Å². The van der Waals surface area contributed by atoms with Crippen LogP contribution in [-0.2, 0) is 24.8 Å². The first kappa shape index (κ1) is 23.6. The molecular weight excluding hydrogens is 404 g/mol. The fraction of sp³-hybridized carbons (Fsp3) is 0.480. The van der Waals surface area contributed by atoms with Crippen LogP contribution in [0.25, 0.3) is 22.4 Å². The van der Waals surface area contributed by atoms with E-state index in [9.17, 15) is 9.59 Å². The van der Waals surface area contributed by atoms with Crippen LogP contribution in [0.2, 0.25) is 0 Å². The van der Waals surface area contributed by atoms with Crippen LogP contribution in [0.4, 0.5) is 4.79 Å². The molecule has 0 fully saturated rings. The quantitative estimate of drug-likeness (QED) is 0.594. The lowest BCUT2D eigenvalue weighted by Gasteiger charge is -2.18. The number of hydrogen-bond acceptors (Lipinski definition) is 4. The van der Waals surface area contributed by atoms with E-state index in [1.54, 1.807) is 16.2 Å². The molecular formula is C25H34N4O3. The number of alkyl carbamates (subject to hydrolysis) is 1. The molecule has 0 unspecified atom stereocenters. The molecule has 1 N–H and O–H groups in total. The van der Waals surface area contributed by atoms with Crippen molar-refractivity contribution in [2.45, 2.75) is 47.6 Å². The Labute approximate surface area is 189 Å². The van der Waals surface area contributed by atoms with E-state index in [2.05, 4.69) is 32.2 Å². The zero-order valence-electron chi connectivity index (χ0n) is 19.9. The highest BCUT2D eigenvalue weighted by atomic mass is 16.5. The van der Waals surface area contributed by atoms with E-state index in [-0.39, 0.29) is 17.2 Å². The van der Waals surface area contributed by atoms with Gasteiger partial charge in [-0.1, -0.05) is 52.8 Å². The van der Waals surface area contributed by atoms with Crippen LogP contribution in [-0.4, -0.2) is 33.4 Å². The molecule has 2 heterocycles. The van der Waals surface area contributed by atoms with Crippen LogP contribution in [0.1, 0.15) is 40.2 Å². The summed E-state index contributed by atoms with van der Waals surface area (Å²) in [6, 6.07) is 12.0. The number of nitrogens with one attached hydrogen (secondary N) is 1. The molecule has 7 nitrogen and oxygen atoms in total. The Kier molecular flexibility index (Phi) is 7.06. The summed E-state index contributed by atoms with van der Waals surface area (Å²) in [4.78, 5) is 29.3. The zero-order chi connectivity index (χ0) is 23.5. The minimum Gasteiger partial charge on any atom is -0.449 e. The Morgan fingerprint density at radius 1 is 1.19 bits per heavy atom. The standard InChI is InChI=1S/C25H34N4O3/c1-17(2)15-32-23(30)26-13-12-18-8-7-9-19(14-18)20-10-11-21-22(27-20)28(6)24(31)29(21)16-25(3,4)5/h7-11,14,17H,12-13,15-16H2,1-6H3,(H,26,30). The van der Waals surface area contributed by atoms with E-state index in [0.29, 0.717) is 37.7 Å². The normalized spacial score (nSPS) is 11.8. The molecule has 1 amide bonds. The number of nitrogens with zero attached hydrogens (tertiary/aromatic N) is 3. The van der Waals surface area contributed by atoms with Gasteiger partial charge in [0.15, 0.2) is 5.65 Å². The molecule has 3 rings (SSSR count). The second kappa shape index (κ2) is 9.59. The zero-order valence-corrected chi connectivity index (χ0v) is 19.9. The third kappa shape index (κ3) is 5.78. The van der Waals surface area contributed by atoms with Gasteiger partial charge in [0.25, 0.3) is 0 Å². The van der Waals surface area contributed by atoms with Crippen molar-refractivity contribution in [1.82, 2.24) is 19.4 Å². The van der Waals surface area contributed by atoms with Crippen molar-refractivity contribution < 1.29 is 9.53 Å². The van der Waals surface area contributed by atoms with E-state index in [1.807, 2.05) is 44.2 Å². The molecule has 0 saturated carbocycles. The summed E-state index contributed by atoms with van der Waals surface area (Å²) in [6.07, 6.45) is 0.301. The molecule has 0 bridgehead atoms. The number of benzene rings is 1. The second-order valence-corrected chi connectivity index (χ2v) is 9.90. The largest absolute Gasteiger partial charge is 0.449 e. The third-order valence-electron chi connectivity index (χ3n) is 5.07. The topological polar surface area (TPSA) is 78.2 Å². The highest BCUT2D eigenvalue weighted by Gasteiger charge is 2.18. The highest BCUT2D eigenvalue weighted by Crippen LogP contribution is 2.24. The number of fused-ring (bicyclic) bond motifs is 1. The summed E-state index contributed by atoms with van der Waals surface area (Å²) in [5.41, 5.74) is 4.33. The van der Waals surface area contributed by atoms with Crippen LogP contribution in [0.15, 0.2) is 41.2 Å². The molecule has 1 aromatic carbocycles. The molecule has 0 aliphatic rings. The smallest absolute Gasteiger partial charge is 0.407 e. The SMILES string of the molecule is CC(C)COC(=O)NCCc1cccc(-c2ccc3c(n2)n(C)c(=O)n3CC(C)(C)C)c1. The minimum atomic E-state index is -0.386. The van der Waals surface area contributed by atoms with Gasteiger partial charge in [0.05, 0.1) is 17.8 Å². The van der Waals surface area contributed by atoms with Crippen molar-refractivity contribution in [3.05, 3.63) is 52.4 Å². The number of carbonyl (C=O) groups excluding carboxylic acids is 1. The van der Waals surface area contributed by atoms with E-state index in [4.69, 9.17) is 9.72 Å². The molecule has 2 aromatic heterocycles. The van der Waals surface area contributed by atoms with Crippen molar-refractivity contribution in [2.75, 3.05) is 13.2 Å². The third-order valence-corrected chi connectivity index (χ3v) is 5.07. The van der Waals surface area contributed by atoms with Gasteiger partial charge in [0, 0.05) is 25.7 Å². The van der Waals surface area contributed by atoms with Crippen molar-refractivity contribution in [3.63, 3.8) is 0 Å². The summed E-state index contributed by atoms with van der Waals surface area (Å²) in [5.74, 6) is 0.312. The predicted molar refractivity (Wildman–Crippen MR) is 128 cm³/mol. The number of amides is 1. The van der Waals surface area contributed by atoms with Crippen LogP contribution in [0.5, 0.6) is 0 Å². The fourth-order valence-corrected chi connectivity index (χ4v) is 3.55. The molecule has 0 aliphatic heterocycles. The number of hydrogen-bond donors (Lipinski definition) is 1. The van der Waals surface area contributed by atoms with Crippen LogP contribution in [0.3, 0.4) is 0 Å². The van der Waals surface area contributed by atoms with Crippen LogP contribution >= 0.6 is 0 Å². The summed E-state index contributed by atoms with van der Waals surface area (Å²) >= 11 is 0. The Bertz CT molecular complexity index is 1150. The molecule has 0 aliphatic carbocycles. The van der Waals surface area contributed by atoms with Crippen molar-refractivity contribution >= 4 is 17.3 Å². The van der Waals surface area contributed by atoms with Gasteiger partial charge >= 0.3 is 11.8 Å². The van der Waals surface area contributed by atoms with Crippen molar-refractivity contribution in [3.8, 4) is 11.3 Å². The van der Waals surface area contributed by atoms with Gasteiger partial charge in [-0.15, -0.1) is 0 Å². The van der Waals surface area contributed by atoms with Gasteiger partial charge in [-0.2, -0.15) is 0 Å². The summed E-state index contributed by atoms with van der Waals surface area (Å²) in [7, 11) is 1.76. The average molecular weight is 439 g/mol. The number of imidazole rings is 1. The average Bonchev–Trinajstić information content (AvgIpc) is 2.96. The Balaban J connectivity index is 1.77. The lowest BCUT2D eigenvalue weighted by molar-refractivity contribution is 0.133. The highest BCUT2D eigenvalue weighted by molar-refractivity contribution is 5.76. The first-order valence-electron chi connectivity index (χ1n) is 11.1. The second-order valence-electron chi connectivity index (χ2n) is 9.90. The maximum Gasteiger partial charge on any atom is 0.407 e. The lowest BCUT2D eigenvalue weighted by atomic mass is 9.97. The maximum absolute atomic E-state index is 12.8. The first-order valence-corrected chi connectivity index (χ1v) is 11.1.